The van der Waals surface area contributed by atoms with Crippen LogP contribution in [0.1, 0.15) is 12.0 Å². The highest BCUT2D eigenvalue weighted by Crippen LogP contribution is 2.25. The second-order valence-electron chi connectivity index (χ2n) is 4.49. The number of nitrogens with zero attached hydrogens (tertiary/aromatic N) is 1. The van der Waals surface area contributed by atoms with E-state index in [1.807, 2.05) is 0 Å². The highest BCUT2D eigenvalue weighted by molar-refractivity contribution is 5.73. The molecular weight excluding hydrogens is 236 g/mol. The molecule has 0 radical (unpaired) electrons. The topological polar surface area (TPSA) is 92.5 Å². The zero-order chi connectivity index (χ0) is 13.1. The number of rotatable bonds is 4. The molecule has 96 valence electrons. The van der Waals surface area contributed by atoms with Crippen LogP contribution in [-0.4, -0.2) is 28.6 Å². The Labute approximate surface area is 104 Å². The normalized spacial score (nSPS) is 22.9. The van der Waals surface area contributed by atoms with Crippen LogP contribution in [0.2, 0.25) is 0 Å². The fraction of sp³-hybridized carbons (Fsp3) is 0.417. The number of nitrogens with one attached hydrogen (secondary N) is 1. The summed E-state index contributed by atoms with van der Waals surface area (Å²) in [7, 11) is 0. The van der Waals surface area contributed by atoms with E-state index < -0.39 is 16.9 Å². The fourth-order valence-corrected chi connectivity index (χ4v) is 2.33. The summed E-state index contributed by atoms with van der Waals surface area (Å²) in [4.78, 5) is 21.3. The van der Waals surface area contributed by atoms with Crippen molar-refractivity contribution in [1.82, 2.24) is 5.32 Å². The molecule has 6 heteroatoms. The minimum atomic E-state index is -0.861. The lowest BCUT2D eigenvalue weighted by molar-refractivity contribution is -0.385. The summed E-state index contributed by atoms with van der Waals surface area (Å²) in [6, 6.07) is 6.07. The van der Waals surface area contributed by atoms with E-state index in [4.69, 9.17) is 5.11 Å². The third-order valence-electron chi connectivity index (χ3n) is 3.22. The van der Waals surface area contributed by atoms with E-state index >= 15 is 0 Å². The van der Waals surface area contributed by atoms with Crippen molar-refractivity contribution < 1.29 is 14.8 Å². The van der Waals surface area contributed by atoms with E-state index in [-0.39, 0.29) is 11.6 Å². The predicted octanol–water partition coefficient (Wildman–Crippen LogP) is 1.20. The largest absolute Gasteiger partial charge is 0.480 e. The van der Waals surface area contributed by atoms with Crippen molar-refractivity contribution in [2.75, 3.05) is 6.54 Å². The Morgan fingerprint density at radius 1 is 1.50 bits per heavy atom. The Kier molecular flexibility index (Phi) is 3.57. The number of benzene rings is 1. The van der Waals surface area contributed by atoms with Crippen LogP contribution >= 0.6 is 0 Å². The molecule has 0 bridgehead atoms. The molecule has 0 aliphatic carbocycles. The average molecular weight is 250 g/mol. The van der Waals surface area contributed by atoms with Gasteiger partial charge in [0.05, 0.1) is 4.92 Å². The minimum absolute atomic E-state index is 0.108. The number of aliphatic carboxylic acids is 1. The standard InChI is InChI=1S/C12H14N2O4/c15-12(16)10-6-8(7-13-10)5-9-3-1-2-4-11(9)14(17)18/h1-4,8,10,13H,5-7H2,(H,15,16). The Balaban J connectivity index is 2.07. The van der Waals surface area contributed by atoms with Crippen LogP contribution in [0, 0.1) is 16.0 Å². The van der Waals surface area contributed by atoms with Gasteiger partial charge in [-0.2, -0.15) is 0 Å². The lowest BCUT2D eigenvalue weighted by atomic mass is 9.96. The summed E-state index contributed by atoms with van der Waals surface area (Å²) in [5.74, 6) is -0.729. The van der Waals surface area contributed by atoms with Crippen LogP contribution < -0.4 is 5.32 Å². The minimum Gasteiger partial charge on any atom is -0.480 e. The van der Waals surface area contributed by atoms with Gasteiger partial charge in [-0.1, -0.05) is 18.2 Å². The van der Waals surface area contributed by atoms with Crippen LogP contribution in [0.15, 0.2) is 24.3 Å². The molecule has 2 unspecified atom stereocenters. The van der Waals surface area contributed by atoms with Gasteiger partial charge < -0.3 is 10.4 Å². The SMILES string of the molecule is O=C(O)C1CC(Cc2ccccc2[N+](=O)[O-])CN1. The highest BCUT2D eigenvalue weighted by atomic mass is 16.6. The quantitative estimate of drug-likeness (QED) is 0.618. The maximum Gasteiger partial charge on any atom is 0.320 e. The van der Waals surface area contributed by atoms with Crippen molar-refractivity contribution in [3.8, 4) is 0 Å². The Bertz CT molecular complexity index is 475. The second-order valence-corrected chi connectivity index (χ2v) is 4.49. The van der Waals surface area contributed by atoms with Gasteiger partial charge >= 0.3 is 5.97 Å². The molecule has 1 saturated heterocycles. The van der Waals surface area contributed by atoms with E-state index in [9.17, 15) is 14.9 Å². The van der Waals surface area contributed by atoms with Crippen LogP contribution in [0.25, 0.3) is 0 Å². The molecular formula is C12H14N2O4. The molecule has 0 amide bonds. The monoisotopic (exact) mass is 250 g/mol. The lowest BCUT2D eigenvalue weighted by Crippen LogP contribution is -2.29. The van der Waals surface area contributed by atoms with E-state index in [1.165, 1.54) is 6.07 Å². The summed E-state index contributed by atoms with van der Waals surface area (Å²) in [5, 5.41) is 22.6. The van der Waals surface area contributed by atoms with Crippen LogP contribution in [-0.2, 0) is 11.2 Å². The molecule has 2 N–H and O–H groups in total. The Morgan fingerprint density at radius 2 is 2.22 bits per heavy atom. The van der Waals surface area contributed by atoms with Crippen molar-refractivity contribution in [1.29, 1.82) is 0 Å². The predicted molar refractivity (Wildman–Crippen MR) is 64.3 cm³/mol. The molecule has 2 rings (SSSR count). The fourth-order valence-electron chi connectivity index (χ4n) is 2.33. The molecule has 1 heterocycles. The van der Waals surface area contributed by atoms with Gasteiger partial charge in [0, 0.05) is 11.6 Å². The van der Waals surface area contributed by atoms with Crippen molar-refractivity contribution >= 4 is 11.7 Å². The maximum absolute atomic E-state index is 10.9. The number of hydrogen-bond acceptors (Lipinski definition) is 4. The first-order valence-corrected chi connectivity index (χ1v) is 5.76. The molecule has 1 aromatic rings. The van der Waals surface area contributed by atoms with E-state index in [0.717, 1.165) is 0 Å². The highest BCUT2D eigenvalue weighted by Gasteiger charge is 2.30. The van der Waals surface area contributed by atoms with E-state index in [1.54, 1.807) is 18.2 Å². The Morgan fingerprint density at radius 3 is 2.83 bits per heavy atom. The molecule has 0 aromatic heterocycles. The Hall–Kier alpha value is -1.95. The second kappa shape index (κ2) is 5.14. The number of carbonyl (C=O) groups is 1. The molecule has 1 aliphatic heterocycles. The van der Waals surface area contributed by atoms with Crippen molar-refractivity contribution in [3.63, 3.8) is 0 Å². The third-order valence-corrected chi connectivity index (χ3v) is 3.22. The van der Waals surface area contributed by atoms with Gasteiger partial charge in [0.25, 0.3) is 5.69 Å². The van der Waals surface area contributed by atoms with Gasteiger partial charge in [-0.3, -0.25) is 14.9 Å². The van der Waals surface area contributed by atoms with Crippen molar-refractivity contribution in [3.05, 3.63) is 39.9 Å². The summed E-state index contributed by atoms with van der Waals surface area (Å²) < 4.78 is 0. The zero-order valence-electron chi connectivity index (χ0n) is 9.70. The first-order valence-electron chi connectivity index (χ1n) is 5.76. The van der Waals surface area contributed by atoms with Crippen LogP contribution in [0.4, 0.5) is 5.69 Å². The van der Waals surface area contributed by atoms with Gasteiger partial charge in [-0.05, 0) is 25.3 Å². The van der Waals surface area contributed by atoms with Gasteiger partial charge in [0.15, 0.2) is 0 Å². The molecule has 0 spiro atoms. The number of para-hydroxylation sites is 1. The summed E-state index contributed by atoms with van der Waals surface area (Å²) in [6.07, 6.45) is 1.05. The van der Waals surface area contributed by atoms with Crippen molar-refractivity contribution in [2.45, 2.75) is 18.9 Å². The van der Waals surface area contributed by atoms with Crippen molar-refractivity contribution in [2.24, 2.45) is 5.92 Å². The summed E-state index contributed by atoms with van der Waals surface area (Å²) in [5.41, 5.74) is 0.775. The number of nitro groups is 1. The maximum atomic E-state index is 10.9. The van der Waals surface area contributed by atoms with Gasteiger partial charge in [0.2, 0.25) is 0 Å². The third kappa shape index (κ3) is 2.65. The molecule has 1 aromatic carbocycles. The van der Waals surface area contributed by atoms with E-state index in [2.05, 4.69) is 5.32 Å². The number of carboxylic acid groups (broad SMARTS) is 1. The van der Waals surface area contributed by atoms with Gasteiger partial charge in [0.1, 0.15) is 6.04 Å². The molecule has 2 atom stereocenters. The number of hydrogen-bond donors (Lipinski definition) is 2. The van der Waals surface area contributed by atoms with E-state index in [0.29, 0.717) is 24.9 Å². The number of carboxylic acids is 1. The molecule has 18 heavy (non-hydrogen) atoms. The van der Waals surface area contributed by atoms with Crippen LogP contribution in [0.3, 0.4) is 0 Å². The van der Waals surface area contributed by atoms with Gasteiger partial charge in [-0.15, -0.1) is 0 Å². The average Bonchev–Trinajstić information content (AvgIpc) is 2.78. The molecule has 6 nitrogen and oxygen atoms in total. The molecule has 0 saturated carbocycles. The molecule has 1 aliphatic rings. The first kappa shape index (κ1) is 12.5. The lowest BCUT2D eigenvalue weighted by Gasteiger charge is -2.08. The molecule has 1 fully saturated rings. The summed E-state index contributed by atoms with van der Waals surface area (Å²) in [6.45, 7) is 0.586. The smallest absolute Gasteiger partial charge is 0.320 e. The summed E-state index contributed by atoms with van der Waals surface area (Å²) >= 11 is 0. The zero-order valence-corrected chi connectivity index (χ0v) is 9.70. The first-order chi connectivity index (χ1) is 8.58. The number of nitro benzene ring substituents is 1. The van der Waals surface area contributed by atoms with Gasteiger partial charge in [-0.25, -0.2) is 0 Å². The van der Waals surface area contributed by atoms with Crippen LogP contribution in [0.5, 0.6) is 0 Å².